The molecule has 0 aliphatic rings. The van der Waals surface area contributed by atoms with Crippen molar-refractivity contribution in [2.75, 3.05) is 0 Å². The number of aromatic nitrogens is 3. The van der Waals surface area contributed by atoms with Gasteiger partial charge in [0.15, 0.2) is 5.52 Å². The summed E-state index contributed by atoms with van der Waals surface area (Å²) in [5.41, 5.74) is 2.68. The lowest BCUT2D eigenvalue weighted by atomic mass is 10.2. The molecule has 1 heterocycles. The molecule has 0 aliphatic heterocycles. The molecule has 3 aromatic rings. The molecule has 0 atom stereocenters. The van der Waals surface area contributed by atoms with E-state index >= 15 is 0 Å². The zero-order chi connectivity index (χ0) is 13.4. The maximum Gasteiger partial charge on any atom is 0.299 e. The van der Waals surface area contributed by atoms with E-state index in [0.29, 0.717) is 11.0 Å². The number of nitro benzene ring substituents is 1. The second kappa shape index (κ2) is 4.16. The minimum atomic E-state index is -0.448. The fourth-order valence-corrected chi connectivity index (χ4v) is 1.86. The van der Waals surface area contributed by atoms with Crippen molar-refractivity contribution in [3.05, 3.63) is 58.1 Å². The number of benzene rings is 2. The van der Waals surface area contributed by atoms with Crippen LogP contribution >= 0.6 is 0 Å². The number of hydrogen-bond acceptors (Lipinski definition) is 4. The van der Waals surface area contributed by atoms with Crippen LogP contribution in [0.4, 0.5) is 5.69 Å². The highest BCUT2D eigenvalue weighted by Gasteiger charge is 2.16. The van der Waals surface area contributed by atoms with Crippen molar-refractivity contribution >= 4 is 16.7 Å². The first-order valence-electron chi connectivity index (χ1n) is 5.72. The summed E-state index contributed by atoms with van der Waals surface area (Å²) >= 11 is 0. The molecule has 0 N–H and O–H groups in total. The van der Waals surface area contributed by atoms with Crippen molar-refractivity contribution in [3.8, 4) is 5.69 Å². The molecule has 0 bridgehead atoms. The Bertz CT molecular complexity index is 762. The van der Waals surface area contributed by atoms with Crippen LogP contribution in [-0.4, -0.2) is 19.9 Å². The van der Waals surface area contributed by atoms with Gasteiger partial charge < -0.3 is 0 Å². The summed E-state index contributed by atoms with van der Waals surface area (Å²) in [6.45, 7) is 1.99. The van der Waals surface area contributed by atoms with Gasteiger partial charge in [0.05, 0.1) is 10.6 Å². The Morgan fingerprint density at radius 3 is 2.53 bits per heavy atom. The van der Waals surface area contributed by atoms with Gasteiger partial charge in [0, 0.05) is 6.07 Å². The molecule has 0 radical (unpaired) electrons. The second-order valence-electron chi connectivity index (χ2n) is 4.23. The first kappa shape index (κ1) is 11.3. The van der Waals surface area contributed by atoms with Crippen LogP contribution in [-0.2, 0) is 0 Å². The number of fused-ring (bicyclic) bond motifs is 1. The molecule has 0 spiro atoms. The van der Waals surface area contributed by atoms with E-state index in [0.717, 1.165) is 11.3 Å². The molecule has 0 saturated carbocycles. The summed E-state index contributed by atoms with van der Waals surface area (Å²) in [5.74, 6) is 0. The highest BCUT2D eigenvalue weighted by Crippen LogP contribution is 2.22. The van der Waals surface area contributed by atoms with Gasteiger partial charge in [-0.05, 0) is 25.1 Å². The SMILES string of the molecule is Cc1ccc(-n2nc3cccc([N+](=O)[O-])c3n2)cc1. The average molecular weight is 254 g/mol. The van der Waals surface area contributed by atoms with Crippen molar-refractivity contribution in [1.29, 1.82) is 0 Å². The molecule has 0 saturated heterocycles. The predicted molar refractivity (Wildman–Crippen MR) is 70.3 cm³/mol. The third-order valence-corrected chi connectivity index (χ3v) is 2.85. The molecule has 19 heavy (non-hydrogen) atoms. The van der Waals surface area contributed by atoms with Crippen molar-refractivity contribution in [3.63, 3.8) is 0 Å². The highest BCUT2D eigenvalue weighted by molar-refractivity contribution is 5.83. The van der Waals surface area contributed by atoms with Crippen molar-refractivity contribution < 1.29 is 4.92 Å². The minimum absolute atomic E-state index is 0.0316. The van der Waals surface area contributed by atoms with Gasteiger partial charge in [-0.1, -0.05) is 23.8 Å². The molecule has 0 unspecified atom stereocenters. The molecule has 0 aliphatic carbocycles. The molecular weight excluding hydrogens is 244 g/mol. The third-order valence-electron chi connectivity index (χ3n) is 2.85. The lowest BCUT2D eigenvalue weighted by Crippen LogP contribution is -1.98. The summed E-state index contributed by atoms with van der Waals surface area (Å²) in [5, 5.41) is 19.4. The van der Waals surface area contributed by atoms with Gasteiger partial charge in [-0.15, -0.1) is 10.2 Å². The normalized spacial score (nSPS) is 10.8. The Morgan fingerprint density at radius 1 is 1.11 bits per heavy atom. The zero-order valence-corrected chi connectivity index (χ0v) is 10.1. The Labute approximate surface area is 108 Å². The van der Waals surface area contributed by atoms with Crippen molar-refractivity contribution in [1.82, 2.24) is 15.0 Å². The number of aryl methyl sites for hydroxylation is 1. The molecule has 0 amide bonds. The van der Waals surface area contributed by atoms with E-state index < -0.39 is 4.92 Å². The maximum atomic E-state index is 10.9. The van der Waals surface area contributed by atoms with Crippen LogP contribution < -0.4 is 0 Å². The molecule has 1 aromatic heterocycles. The fraction of sp³-hybridized carbons (Fsp3) is 0.0769. The maximum absolute atomic E-state index is 10.9. The van der Waals surface area contributed by atoms with Crippen LogP contribution in [0.5, 0.6) is 0 Å². The molecule has 0 fully saturated rings. The highest BCUT2D eigenvalue weighted by atomic mass is 16.6. The van der Waals surface area contributed by atoms with Crippen molar-refractivity contribution in [2.45, 2.75) is 6.92 Å². The predicted octanol–water partition coefficient (Wildman–Crippen LogP) is 2.64. The van der Waals surface area contributed by atoms with Gasteiger partial charge in [0.1, 0.15) is 5.52 Å². The number of rotatable bonds is 2. The quantitative estimate of drug-likeness (QED) is 0.520. The van der Waals surface area contributed by atoms with Gasteiger partial charge in [0.25, 0.3) is 5.69 Å². The largest absolute Gasteiger partial charge is 0.299 e. The van der Waals surface area contributed by atoms with E-state index in [1.807, 2.05) is 31.2 Å². The Morgan fingerprint density at radius 2 is 1.84 bits per heavy atom. The Balaban J connectivity index is 2.19. The summed E-state index contributed by atoms with van der Waals surface area (Å²) in [6, 6.07) is 12.4. The second-order valence-corrected chi connectivity index (χ2v) is 4.23. The molecule has 94 valence electrons. The lowest BCUT2D eigenvalue weighted by molar-refractivity contribution is -0.383. The molecule has 6 nitrogen and oxygen atoms in total. The first-order chi connectivity index (χ1) is 9.15. The van der Waals surface area contributed by atoms with E-state index in [1.54, 1.807) is 12.1 Å². The average Bonchev–Trinajstić information content (AvgIpc) is 2.82. The van der Waals surface area contributed by atoms with Crippen molar-refractivity contribution in [2.24, 2.45) is 0 Å². The van der Waals surface area contributed by atoms with Gasteiger partial charge in [-0.25, -0.2) is 0 Å². The van der Waals surface area contributed by atoms with E-state index in [-0.39, 0.29) is 5.69 Å². The van der Waals surface area contributed by atoms with E-state index in [1.165, 1.54) is 10.9 Å². The number of non-ortho nitro benzene ring substituents is 1. The van der Waals surface area contributed by atoms with Crippen LogP contribution in [0.3, 0.4) is 0 Å². The molecule has 6 heteroatoms. The van der Waals surface area contributed by atoms with Crippen LogP contribution in [0.25, 0.3) is 16.7 Å². The Hall–Kier alpha value is -2.76. The molecule has 2 aromatic carbocycles. The van der Waals surface area contributed by atoms with Gasteiger partial charge in [-0.3, -0.25) is 10.1 Å². The van der Waals surface area contributed by atoms with Crippen LogP contribution in [0.2, 0.25) is 0 Å². The number of hydrogen-bond donors (Lipinski definition) is 0. The number of nitrogens with zero attached hydrogens (tertiary/aromatic N) is 4. The van der Waals surface area contributed by atoms with E-state index in [2.05, 4.69) is 10.2 Å². The van der Waals surface area contributed by atoms with Gasteiger partial charge >= 0.3 is 0 Å². The lowest BCUT2D eigenvalue weighted by Gasteiger charge is -1.98. The number of nitro groups is 1. The summed E-state index contributed by atoms with van der Waals surface area (Å²) < 4.78 is 0. The summed E-state index contributed by atoms with van der Waals surface area (Å²) in [4.78, 5) is 11.9. The molecular formula is C13H10N4O2. The van der Waals surface area contributed by atoms with Crippen LogP contribution in [0.15, 0.2) is 42.5 Å². The summed E-state index contributed by atoms with van der Waals surface area (Å²) in [7, 11) is 0. The standard InChI is InChI=1S/C13H10N4O2/c1-9-5-7-10(8-6-9)16-14-11-3-2-4-12(17(18)19)13(11)15-16/h2-8H,1H3. The third kappa shape index (κ3) is 1.93. The van der Waals surface area contributed by atoms with E-state index in [4.69, 9.17) is 0 Å². The van der Waals surface area contributed by atoms with Gasteiger partial charge in [0.2, 0.25) is 0 Å². The Kier molecular flexibility index (Phi) is 2.49. The topological polar surface area (TPSA) is 73.8 Å². The van der Waals surface area contributed by atoms with E-state index in [9.17, 15) is 10.1 Å². The van der Waals surface area contributed by atoms with Crippen LogP contribution in [0, 0.1) is 17.0 Å². The fourth-order valence-electron chi connectivity index (χ4n) is 1.86. The minimum Gasteiger partial charge on any atom is -0.258 e. The van der Waals surface area contributed by atoms with Crippen LogP contribution in [0.1, 0.15) is 5.56 Å². The zero-order valence-electron chi connectivity index (χ0n) is 10.1. The molecule has 3 rings (SSSR count). The van der Waals surface area contributed by atoms with Gasteiger partial charge in [-0.2, -0.15) is 4.80 Å². The smallest absolute Gasteiger partial charge is 0.258 e. The monoisotopic (exact) mass is 254 g/mol. The first-order valence-corrected chi connectivity index (χ1v) is 5.72. The summed E-state index contributed by atoms with van der Waals surface area (Å²) in [6.07, 6.45) is 0.